The minimum absolute atomic E-state index is 0.107. The van der Waals surface area contributed by atoms with Gasteiger partial charge >= 0.3 is 11.9 Å². The van der Waals surface area contributed by atoms with Crippen molar-refractivity contribution in [3.05, 3.63) is 34.9 Å². The van der Waals surface area contributed by atoms with Crippen molar-refractivity contribution in [3.63, 3.8) is 0 Å². The lowest BCUT2D eigenvalue weighted by Gasteiger charge is -2.54. The van der Waals surface area contributed by atoms with Gasteiger partial charge in [-0.25, -0.2) is 0 Å². The van der Waals surface area contributed by atoms with Gasteiger partial charge in [0.2, 0.25) is 0 Å². The van der Waals surface area contributed by atoms with Crippen LogP contribution < -0.4 is 0 Å². The SMILES string of the molecule is CC(=O)O[C@@H](C[C@@H]1C(C)=CCC(=O)C1(C)C)/C(C)=C/[C@H](O)C/C=C(\C)CC[C@@H]1C(C)(C)[C@H](O[C@H]2O[C@@H](CO)[C@H](O)[C@@H](O)[C@@H]2O)CC[C@@]1(C)OC(C)=O. The molecule has 5 N–H and O–H groups in total. The van der Waals surface area contributed by atoms with E-state index in [-0.39, 0.29) is 17.6 Å². The molecule has 1 saturated carbocycles. The molecule has 0 aromatic carbocycles. The summed E-state index contributed by atoms with van der Waals surface area (Å²) in [6.45, 7) is 17.8. The average Bonchev–Trinajstić information content (AvgIpc) is 3.04. The van der Waals surface area contributed by atoms with Crippen molar-refractivity contribution in [1.82, 2.24) is 0 Å². The molecule has 3 rings (SSSR count). The number of aliphatic hydroxyl groups excluding tert-OH is 5. The van der Waals surface area contributed by atoms with E-state index in [4.69, 9.17) is 18.9 Å². The van der Waals surface area contributed by atoms with Crippen LogP contribution in [-0.2, 0) is 33.3 Å². The van der Waals surface area contributed by atoms with Gasteiger partial charge in [-0.15, -0.1) is 0 Å². The third kappa shape index (κ3) is 10.4. The molecule has 0 radical (unpaired) electrons. The lowest BCUT2D eigenvalue weighted by Crippen LogP contribution is -2.62. The summed E-state index contributed by atoms with van der Waals surface area (Å²) in [6, 6.07) is 0. The molecule has 12 nitrogen and oxygen atoms in total. The Morgan fingerprint density at radius 2 is 1.67 bits per heavy atom. The van der Waals surface area contributed by atoms with Crippen LogP contribution in [0.2, 0.25) is 0 Å². The Kier molecular flexibility index (Phi) is 15.0. The fraction of sp³-hybridized carbons (Fsp3) is 0.775. The highest BCUT2D eigenvalue weighted by atomic mass is 16.7. The topological polar surface area (TPSA) is 189 Å². The highest BCUT2D eigenvalue weighted by Crippen LogP contribution is 2.52. The zero-order chi connectivity index (χ0) is 39.3. The summed E-state index contributed by atoms with van der Waals surface area (Å²) in [5.74, 6) is -0.998. The number of ether oxygens (including phenoxy) is 4. The molecule has 1 heterocycles. The third-order valence-corrected chi connectivity index (χ3v) is 11.9. The van der Waals surface area contributed by atoms with E-state index in [1.54, 1.807) is 6.08 Å². The Bertz CT molecular complexity index is 1360. The van der Waals surface area contributed by atoms with E-state index in [0.717, 1.165) is 11.1 Å². The number of hydrogen-bond donors (Lipinski definition) is 5. The molecule has 2 aliphatic carbocycles. The Morgan fingerprint density at radius 3 is 2.27 bits per heavy atom. The van der Waals surface area contributed by atoms with Crippen LogP contribution in [0.1, 0.15) is 114 Å². The van der Waals surface area contributed by atoms with Gasteiger partial charge < -0.3 is 44.5 Å². The van der Waals surface area contributed by atoms with E-state index in [1.807, 2.05) is 67.5 Å². The quantitative estimate of drug-likeness (QED) is 0.126. The van der Waals surface area contributed by atoms with E-state index in [9.17, 15) is 39.9 Å². The lowest BCUT2D eigenvalue weighted by atomic mass is 9.58. The van der Waals surface area contributed by atoms with Crippen molar-refractivity contribution in [2.75, 3.05) is 6.61 Å². The molecule has 1 saturated heterocycles. The summed E-state index contributed by atoms with van der Waals surface area (Å²) in [5, 5.41) is 51.9. The first-order chi connectivity index (χ1) is 24.0. The molecule has 0 amide bonds. The molecule has 2 fully saturated rings. The number of ketones is 1. The molecule has 0 spiro atoms. The molecule has 0 unspecified atom stereocenters. The summed E-state index contributed by atoms with van der Waals surface area (Å²) >= 11 is 0. The molecule has 0 bridgehead atoms. The number of hydrogen-bond acceptors (Lipinski definition) is 12. The van der Waals surface area contributed by atoms with Gasteiger partial charge in [0, 0.05) is 31.6 Å². The van der Waals surface area contributed by atoms with E-state index in [2.05, 4.69) is 0 Å². The number of Topliss-reactive ketones (excluding diaryl/α,β-unsaturated/α-hetero) is 1. The highest BCUT2D eigenvalue weighted by Gasteiger charge is 2.55. The Hall–Kier alpha value is -2.45. The molecule has 0 aromatic heterocycles. The van der Waals surface area contributed by atoms with Crippen molar-refractivity contribution in [1.29, 1.82) is 0 Å². The molecule has 11 atom stereocenters. The van der Waals surface area contributed by atoms with E-state index in [1.165, 1.54) is 13.8 Å². The maximum atomic E-state index is 12.7. The summed E-state index contributed by atoms with van der Waals surface area (Å²) < 4.78 is 23.6. The fourth-order valence-corrected chi connectivity index (χ4v) is 8.61. The second kappa shape index (κ2) is 17.8. The fourth-order valence-electron chi connectivity index (χ4n) is 8.61. The second-order valence-electron chi connectivity index (χ2n) is 16.6. The van der Waals surface area contributed by atoms with Crippen LogP contribution in [0, 0.1) is 22.7 Å². The minimum atomic E-state index is -1.56. The van der Waals surface area contributed by atoms with Gasteiger partial charge in [-0.05, 0) is 83.1 Å². The first-order valence-electron chi connectivity index (χ1n) is 18.6. The Morgan fingerprint density at radius 1 is 1.02 bits per heavy atom. The van der Waals surface area contributed by atoms with Crippen molar-refractivity contribution < 1.29 is 58.9 Å². The summed E-state index contributed by atoms with van der Waals surface area (Å²) in [6.07, 6.45) is 0.0427. The van der Waals surface area contributed by atoms with Gasteiger partial charge in [0.25, 0.3) is 0 Å². The predicted molar refractivity (Wildman–Crippen MR) is 194 cm³/mol. The third-order valence-electron chi connectivity index (χ3n) is 11.9. The van der Waals surface area contributed by atoms with Crippen LogP contribution in [-0.4, -0.2) is 104 Å². The van der Waals surface area contributed by atoms with Crippen LogP contribution in [0.5, 0.6) is 0 Å². The standard InChI is InChI=1S/C40H64O12/c1-22(11-14-27(44)19-24(3)29(49-25(4)42)20-28-23(2)13-16-32(45)38(28,6)7)12-15-31-39(8,9)33(17-18-40(31,10)52-26(5)43)51-37-36(48)35(47)34(46)30(21-41)50-37/h11,13,19,27-31,33-37,41,44,46-48H,12,14-18,20-21H2,1-10H3/b22-11+,24-19+/t27-,28-,29+,30+,31-,33-,34+,35-,36+,37-,40-/m1/s1. The van der Waals surface area contributed by atoms with Crippen molar-refractivity contribution in [3.8, 4) is 0 Å². The van der Waals surface area contributed by atoms with Gasteiger partial charge in [-0.3, -0.25) is 14.4 Å². The van der Waals surface area contributed by atoms with Crippen LogP contribution in [0.3, 0.4) is 0 Å². The zero-order valence-electron chi connectivity index (χ0n) is 32.8. The van der Waals surface area contributed by atoms with E-state index in [0.29, 0.717) is 50.5 Å². The number of aliphatic hydroxyl groups is 5. The summed E-state index contributed by atoms with van der Waals surface area (Å²) in [4.78, 5) is 37.0. The summed E-state index contributed by atoms with van der Waals surface area (Å²) in [7, 11) is 0. The minimum Gasteiger partial charge on any atom is -0.459 e. The highest BCUT2D eigenvalue weighted by molar-refractivity contribution is 5.87. The molecule has 12 heteroatoms. The predicted octanol–water partition coefficient (Wildman–Crippen LogP) is 4.24. The van der Waals surface area contributed by atoms with Gasteiger partial charge in [0.1, 0.15) is 41.9 Å². The van der Waals surface area contributed by atoms with Crippen LogP contribution in [0.25, 0.3) is 0 Å². The second-order valence-corrected chi connectivity index (χ2v) is 16.6. The van der Waals surface area contributed by atoms with Gasteiger partial charge in [0.05, 0.1) is 18.8 Å². The Balaban J connectivity index is 1.73. The number of carbonyl (C=O) groups excluding carboxylic acids is 3. The smallest absolute Gasteiger partial charge is 0.303 e. The maximum Gasteiger partial charge on any atom is 0.303 e. The maximum absolute atomic E-state index is 12.7. The molecule has 0 aromatic rings. The van der Waals surface area contributed by atoms with Crippen LogP contribution in [0.4, 0.5) is 0 Å². The van der Waals surface area contributed by atoms with Crippen molar-refractivity contribution in [2.24, 2.45) is 22.7 Å². The molecular weight excluding hydrogens is 672 g/mol. The first-order valence-corrected chi connectivity index (χ1v) is 18.6. The van der Waals surface area contributed by atoms with Crippen LogP contribution in [0.15, 0.2) is 34.9 Å². The van der Waals surface area contributed by atoms with Gasteiger partial charge in [0.15, 0.2) is 6.29 Å². The number of rotatable bonds is 14. The van der Waals surface area contributed by atoms with Crippen LogP contribution >= 0.6 is 0 Å². The average molecular weight is 737 g/mol. The number of carbonyl (C=O) groups is 3. The molecule has 1 aliphatic heterocycles. The summed E-state index contributed by atoms with van der Waals surface area (Å²) in [5.41, 5.74) is 0.787. The van der Waals surface area contributed by atoms with Crippen molar-refractivity contribution in [2.45, 2.75) is 169 Å². The molecule has 52 heavy (non-hydrogen) atoms. The Labute approximate surface area is 309 Å². The monoisotopic (exact) mass is 736 g/mol. The lowest BCUT2D eigenvalue weighted by molar-refractivity contribution is -0.327. The molecular formula is C40H64O12. The zero-order valence-corrected chi connectivity index (χ0v) is 32.8. The number of allylic oxidation sites excluding steroid dienone is 3. The molecule has 3 aliphatic rings. The van der Waals surface area contributed by atoms with Crippen molar-refractivity contribution >= 4 is 17.7 Å². The van der Waals surface area contributed by atoms with Gasteiger partial charge in [-0.1, -0.05) is 57.1 Å². The molecule has 296 valence electrons. The number of esters is 2. The largest absolute Gasteiger partial charge is 0.459 e. The first kappa shape index (κ1) is 44.0. The van der Waals surface area contributed by atoms with Gasteiger partial charge in [-0.2, -0.15) is 0 Å². The van der Waals surface area contributed by atoms with E-state index >= 15 is 0 Å². The normalized spacial score (nSPS) is 35.0. The van der Waals surface area contributed by atoms with E-state index < -0.39 is 84.0 Å².